The Kier molecular flexibility index (Phi) is 18.2. The van der Waals surface area contributed by atoms with Crippen molar-refractivity contribution in [2.45, 2.75) is 134 Å². The Morgan fingerprint density at radius 1 is 0.536 bits per heavy atom. The zero-order valence-electron chi connectivity index (χ0n) is 37.4. The number of halogens is 2. The second kappa shape index (κ2) is 21.2. The van der Waals surface area contributed by atoms with Crippen LogP contribution in [0.4, 0.5) is 0 Å². The Hall–Kier alpha value is -2.22. The van der Waals surface area contributed by atoms with Gasteiger partial charge in [-0.2, -0.15) is 12.1 Å². The van der Waals surface area contributed by atoms with E-state index in [1.807, 2.05) is 0 Å². The van der Waals surface area contributed by atoms with E-state index < -0.39 is 20.8 Å². The summed E-state index contributed by atoms with van der Waals surface area (Å²) in [6, 6.07) is 32.8. The summed E-state index contributed by atoms with van der Waals surface area (Å²) in [5, 5.41) is 5.57. The SMILES string of the molecule is C[Si]C.Cc1cc(C)cc(-c2c(C(C)(C)C)ccc3[cH-]c(CC(C)C)cc23)c1.Cc1cc(C)cc(-c2c(C(C)(C)C)ccc3[cH-]c(CC(C)C)cc23)c1.[Cl][Zr+2][Cl]. The zero-order valence-corrected chi connectivity index (χ0v) is 42.4. The van der Waals surface area contributed by atoms with Crippen molar-refractivity contribution < 1.29 is 20.8 Å². The summed E-state index contributed by atoms with van der Waals surface area (Å²) in [7, 11) is 11.0. The maximum absolute atomic E-state index is 4.93. The summed E-state index contributed by atoms with van der Waals surface area (Å²) in [6.45, 7) is 36.2. The van der Waals surface area contributed by atoms with Gasteiger partial charge in [0.2, 0.25) is 0 Å². The Labute approximate surface area is 363 Å². The Balaban J connectivity index is 0.000000264. The average molecular weight is 883 g/mol. The number of rotatable bonds is 6. The minimum absolute atomic E-state index is 0.122. The molecule has 0 bridgehead atoms. The van der Waals surface area contributed by atoms with E-state index in [9.17, 15) is 0 Å². The average Bonchev–Trinajstić information content (AvgIpc) is 3.65. The molecule has 0 unspecified atom stereocenters. The van der Waals surface area contributed by atoms with Crippen LogP contribution in [-0.2, 0) is 44.5 Å². The van der Waals surface area contributed by atoms with Crippen LogP contribution in [0.3, 0.4) is 0 Å². The molecular weight excluding hydrogens is 815 g/mol. The van der Waals surface area contributed by atoms with E-state index in [2.05, 4.69) is 195 Å². The number of fused-ring (bicyclic) bond motifs is 2. The fourth-order valence-corrected chi connectivity index (χ4v) is 7.98. The van der Waals surface area contributed by atoms with Gasteiger partial charge in [-0.15, -0.1) is 69.1 Å². The molecule has 0 spiro atoms. The van der Waals surface area contributed by atoms with Crippen LogP contribution in [0.15, 0.2) is 84.9 Å². The van der Waals surface area contributed by atoms with Crippen molar-refractivity contribution in [1.29, 1.82) is 0 Å². The zero-order chi connectivity index (χ0) is 42.1. The van der Waals surface area contributed by atoms with Crippen molar-refractivity contribution in [3.63, 3.8) is 0 Å². The molecule has 0 aromatic heterocycles. The van der Waals surface area contributed by atoms with Gasteiger partial charge >= 0.3 is 37.9 Å². The first-order chi connectivity index (χ1) is 26.1. The van der Waals surface area contributed by atoms with Crippen LogP contribution in [0.2, 0.25) is 13.1 Å². The number of aryl methyl sites for hydroxylation is 4. The normalized spacial score (nSPS) is 11.5. The molecule has 4 heteroatoms. The van der Waals surface area contributed by atoms with Crippen molar-refractivity contribution in [3.05, 3.63) is 129 Å². The van der Waals surface area contributed by atoms with Crippen LogP contribution in [0.1, 0.15) is 114 Å². The molecule has 0 nitrogen and oxygen atoms in total. The third-order valence-corrected chi connectivity index (χ3v) is 9.82. The first-order valence-electron chi connectivity index (χ1n) is 20.3. The predicted octanol–water partition coefficient (Wildman–Crippen LogP) is 16.8. The van der Waals surface area contributed by atoms with Gasteiger partial charge in [0.25, 0.3) is 0 Å². The standard InChI is InChI=1S/2C25H31.C2H6Si.2ClH.Zr/c2*1-16(2)10-19-14-20-8-9-23(25(5,6)7)24(22(20)15-19)21-12-17(3)11-18(4)13-21;1-3-2;;;/h2*8-9,11-16H,10H2,1-7H3;1-2H3;2*1H;/q2*-1;;;;+4/p-2. The van der Waals surface area contributed by atoms with Gasteiger partial charge < -0.3 is 0 Å². The van der Waals surface area contributed by atoms with Gasteiger partial charge in [0.05, 0.1) is 0 Å². The van der Waals surface area contributed by atoms with E-state index in [1.54, 1.807) is 0 Å². The molecule has 0 aliphatic heterocycles. The molecule has 0 N–H and O–H groups in total. The molecule has 6 rings (SSSR count). The molecule has 0 aliphatic carbocycles. The van der Waals surface area contributed by atoms with E-state index in [0.717, 1.165) is 22.4 Å². The monoisotopic (exact) mass is 880 g/mol. The molecule has 0 heterocycles. The van der Waals surface area contributed by atoms with Gasteiger partial charge in [0, 0.05) is 9.52 Å². The quantitative estimate of drug-likeness (QED) is 0.115. The van der Waals surface area contributed by atoms with Gasteiger partial charge in [-0.3, -0.25) is 0 Å². The van der Waals surface area contributed by atoms with Crippen LogP contribution < -0.4 is 0 Å². The van der Waals surface area contributed by atoms with Gasteiger partial charge in [0.15, 0.2) is 0 Å². The minimum atomic E-state index is -0.826. The summed E-state index contributed by atoms with van der Waals surface area (Å²) in [6.07, 6.45) is 2.29. The second-order valence-corrected chi connectivity index (χ2v) is 23.5. The van der Waals surface area contributed by atoms with Crippen molar-refractivity contribution >= 4 is 48.1 Å². The molecule has 298 valence electrons. The van der Waals surface area contributed by atoms with E-state index >= 15 is 0 Å². The van der Waals surface area contributed by atoms with Crippen LogP contribution in [0.5, 0.6) is 0 Å². The van der Waals surface area contributed by atoms with Gasteiger partial charge in [-0.05, 0) is 74.3 Å². The molecule has 0 fully saturated rings. The summed E-state index contributed by atoms with van der Waals surface area (Å²) in [4.78, 5) is 0. The number of benzene rings is 4. The summed E-state index contributed by atoms with van der Waals surface area (Å²) >= 11 is -0.826. The molecule has 0 saturated carbocycles. The Bertz CT molecular complexity index is 1970. The first-order valence-corrected chi connectivity index (χ1v) is 28.6. The fraction of sp³-hybridized carbons (Fsp3) is 0.423. The fourth-order valence-electron chi connectivity index (χ4n) is 7.98. The molecule has 0 amide bonds. The van der Waals surface area contributed by atoms with Gasteiger partial charge in [0.1, 0.15) is 0 Å². The topological polar surface area (TPSA) is 0 Å². The Morgan fingerprint density at radius 3 is 1.07 bits per heavy atom. The molecule has 0 aliphatic rings. The molecular formula is C52H68Cl2SiZr. The van der Waals surface area contributed by atoms with Crippen LogP contribution >= 0.6 is 17.0 Å². The van der Waals surface area contributed by atoms with Crippen LogP contribution in [0, 0.1) is 39.5 Å². The molecule has 2 radical (unpaired) electrons. The third kappa shape index (κ3) is 13.4. The van der Waals surface area contributed by atoms with Crippen molar-refractivity contribution in [2.24, 2.45) is 11.8 Å². The van der Waals surface area contributed by atoms with Crippen LogP contribution in [0.25, 0.3) is 43.8 Å². The van der Waals surface area contributed by atoms with Crippen molar-refractivity contribution in [1.82, 2.24) is 0 Å². The summed E-state index contributed by atoms with van der Waals surface area (Å²) in [5.41, 5.74) is 16.9. The van der Waals surface area contributed by atoms with E-state index in [-0.39, 0.29) is 10.8 Å². The number of hydrogen-bond donors (Lipinski definition) is 0. The van der Waals surface area contributed by atoms with E-state index in [1.165, 1.54) is 88.3 Å². The van der Waals surface area contributed by atoms with Gasteiger partial charge in [-0.25, -0.2) is 0 Å². The molecule has 0 atom stereocenters. The maximum atomic E-state index is 4.93. The van der Waals surface area contributed by atoms with Crippen LogP contribution in [-0.4, -0.2) is 9.52 Å². The van der Waals surface area contributed by atoms with Crippen molar-refractivity contribution in [3.8, 4) is 22.3 Å². The second-order valence-electron chi connectivity index (χ2n) is 18.7. The number of hydrogen-bond acceptors (Lipinski definition) is 0. The van der Waals surface area contributed by atoms with E-state index in [0.29, 0.717) is 11.8 Å². The Morgan fingerprint density at radius 2 is 0.821 bits per heavy atom. The molecule has 6 aromatic carbocycles. The molecule has 6 aromatic rings. The molecule has 0 saturated heterocycles. The van der Waals surface area contributed by atoms with Crippen molar-refractivity contribution in [2.75, 3.05) is 0 Å². The van der Waals surface area contributed by atoms with E-state index in [4.69, 9.17) is 17.0 Å². The summed E-state index contributed by atoms with van der Waals surface area (Å²) in [5.74, 6) is 1.37. The molecule has 56 heavy (non-hydrogen) atoms. The first kappa shape index (κ1) is 48.2. The van der Waals surface area contributed by atoms with Gasteiger partial charge in [-0.1, -0.05) is 163 Å². The predicted molar refractivity (Wildman–Crippen MR) is 253 cm³/mol. The summed E-state index contributed by atoms with van der Waals surface area (Å²) < 4.78 is 0. The third-order valence-electron chi connectivity index (χ3n) is 9.82.